The molecule has 14 nitrogen and oxygen atoms in total. The summed E-state index contributed by atoms with van der Waals surface area (Å²) in [6.07, 6.45) is 1.90. The average Bonchev–Trinajstić information content (AvgIpc) is 3.83. The summed E-state index contributed by atoms with van der Waals surface area (Å²) < 4.78 is 54.0. The maximum absolute atomic E-state index is 15.3. The van der Waals surface area contributed by atoms with E-state index in [0.717, 1.165) is 23.8 Å². The monoisotopic (exact) mass is 762 g/mol. The second-order valence-corrected chi connectivity index (χ2v) is 13.3. The van der Waals surface area contributed by atoms with Crippen molar-refractivity contribution in [2.75, 3.05) is 40.2 Å². The van der Waals surface area contributed by atoms with Crippen molar-refractivity contribution < 1.29 is 47.0 Å². The second-order valence-electron chi connectivity index (χ2n) is 12.4. The molecule has 282 valence electrons. The molecule has 0 fully saturated rings. The van der Waals surface area contributed by atoms with Crippen LogP contribution in [-0.4, -0.2) is 71.7 Å². The number of carbonyl (C=O) groups excluding carboxylic acids is 2. The van der Waals surface area contributed by atoms with E-state index in [1.165, 1.54) is 53.5 Å². The number of aliphatic hydroxyl groups is 1. The number of nitrogens with one attached hydrogen (secondary N) is 1. The molecule has 1 amide bonds. The van der Waals surface area contributed by atoms with Crippen LogP contribution in [0.2, 0.25) is 0 Å². The topological polar surface area (TPSA) is 165 Å². The van der Waals surface area contributed by atoms with Gasteiger partial charge in [-0.3, -0.25) is 15.0 Å². The third kappa shape index (κ3) is 9.33. The summed E-state index contributed by atoms with van der Waals surface area (Å²) in [5, 5.41) is 30.5. The third-order valence-electron chi connectivity index (χ3n) is 8.37. The Labute approximate surface area is 313 Å². The number of methoxy groups -OCH3 is 2. The van der Waals surface area contributed by atoms with Crippen LogP contribution < -0.4 is 19.4 Å². The van der Waals surface area contributed by atoms with Crippen LogP contribution in [0.3, 0.4) is 0 Å². The molecule has 0 saturated carbocycles. The van der Waals surface area contributed by atoms with Gasteiger partial charge in [0.2, 0.25) is 13.1 Å². The molecule has 5 aromatic rings. The number of nitrogens with zero attached hydrogens (tertiary/aromatic N) is 6. The summed E-state index contributed by atoms with van der Waals surface area (Å²) in [4.78, 5) is 31.5. The second kappa shape index (κ2) is 17.2. The summed E-state index contributed by atoms with van der Waals surface area (Å²) >= 11 is 1.24. The van der Waals surface area contributed by atoms with Crippen molar-refractivity contribution in [1.82, 2.24) is 19.7 Å². The van der Waals surface area contributed by atoms with Crippen molar-refractivity contribution in [3.05, 3.63) is 106 Å². The predicted molar refractivity (Wildman–Crippen MR) is 191 cm³/mol. The normalized spacial score (nSPS) is 12.7. The number of carbonyl (C=O) groups is 2. The third-order valence-corrected chi connectivity index (χ3v) is 9.40. The Hall–Kier alpha value is -5.96. The zero-order valence-corrected chi connectivity index (χ0v) is 30.9. The molecule has 17 heteroatoms. The van der Waals surface area contributed by atoms with Crippen LogP contribution in [0.5, 0.6) is 11.5 Å². The number of thiazole rings is 1. The SMILES string of the molecule is COc1cc(COC(=O)CN(C)C)c(NC(=O)OC[n+]2cnn(C[C@](O)(c3cc(F)ccc3F)[C@@H](C)c3nc(-c4ccc(C#N)cc4)cs3)c2)cc1OC. The lowest BCUT2D eigenvalue weighted by molar-refractivity contribution is -0.727. The Morgan fingerprint density at radius 3 is 2.50 bits per heavy atom. The summed E-state index contributed by atoms with van der Waals surface area (Å²) in [6, 6.07) is 14.8. The standard InChI is InChI=1S/C37H37F2N7O7S/c1-23(35-42-31(18-54-35)25-8-6-24(15-40)7-9-25)37(49,28-13-27(38)10-11-29(28)39)19-46-21-45(20-41-46)22-53-36(48)43-30-14-33(51-5)32(50-4)12-26(30)17-52-34(47)16-44(2)3/h6-14,18,20-21,23,49H,16-17,19,22H2,1-5H3/p+1/t23-,37+/m0/s1. The molecular formula is C37H38F2N7O7S+. The number of ether oxygens (including phenoxy) is 4. The number of esters is 1. The molecule has 0 bridgehead atoms. The van der Waals surface area contributed by atoms with Gasteiger partial charge in [-0.2, -0.15) is 5.26 Å². The van der Waals surface area contributed by atoms with Crippen LogP contribution in [0, 0.1) is 23.0 Å². The van der Waals surface area contributed by atoms with Crippen molar-refractivity contribution in [2.24, 2.45) is 0 Å². The van der Waals surface area contributed by atoms with Gasteiger partial charge < -0.3 is 24.1 Å². The van der Waals surface area contributed by atoms with Crippen LogP contribution in [0.25, 0.3) is 11.3 Å². The van der Waals surface area contributed by atoms with E-state index in [1.807, 2.05) is 0 Å². The molecule has 0 saturated heterocycles. The van der Waals surface area contributed by atoms with Crippen LogP contribution in [-0.2, 0) is 39.8 Å². The fraction of sp³-hybridized carbons (Fsp3) is 0.297. The maximum Gasteiger partial charge on any atom is 0.414 e. The van der Waals surface area contributed by atoms with E-state index in [9.17, 15) is 19.1 Å². The minimum Gasteiger partial charge on any atom is -0.493 e. The van der Waals surface area contributed by atoms with Crippen LogP contribution in [0.4, 0.5) is 19.3 Å². The van der Waals surface area contributed by atoms with E-state index < -0.39 is 35.2 Å². The van der Waals surface area contributed by atoms with Crippen molar-refractivity contribution in [3.8, 4) is 28.8 Å². The van der Waals surface area contributed by atoms with Gasteiger partial charge in [0.1, 0.15) is 30.4 Å². The molecule has 0 unspecified atom stereocenters. The molecule has 0 spiro atoms. The lowest BCUT2D eigenvalue weighted by atomic mass is 9.82. The smallest absolute Gasteiger partial charge is 0.414 e. The highest BCUT2D eigenvalue weighted by Gasteiger charge is 2.43. The first-order valence-corrected chi connectivity index (χ1v) is 17.3. The number of benzene rings is 3. The van der Waals surface area contributed by atoms with Gasteiger partial charge in [-0.05, 0) is 50.5 Å². The Balaban J connectivity index is 1.32. The summed E-state index contributed by atoms with van der Waals surface area (Å²) in [6.45, 7) is 0.885. The number of amides is 1. The highest BCUT2D eigenvalue weighted by atomic mass is 32.1. The van der Waals surface area contributed by atoms with Gasteiger partial charge in [0.25, 0.3) is 6.33 Å². The largest absolute Gasteiger partial charge is 0.493 e. The van der Waals surface area contributed by atoms with E-state index >= 15 is 4.39 Å². The zero-order valence-electron chi connectivity index (χ0n) is 30.1. The lowest BCUT2D eigenvalue weighted by Crippen LogP contribution is -2.39. The Morgan fingerprint density at radius 1 is 1.09 bits per heavy atom. The summed E-state index contributed by atoms with van der Waals surface area (Å²) in [7, 11) is 6.33. The van der Waals surface area contributed by atoms with Crippen molar-refractivity contribution in [2.45, 2.75) is 38.3 Å². The van der Waals surface area contributed by atoms with Crippen molar-refractivity contribution in [3.63, 3.8) is 0 Å². The minimum atomic E-state index is -2.05. The first-order chi connectivity index (χ1) is 25.8. The number of anilines is 1. The van der Waals surface area contributed by atoms with Gasteiger partial charge in [0.15, 0.2) is 11.5 Å². The number of likely N-dealkylation sites (N-methyl/N-ethyl adjacent to an activating group) is 1. The molecule has 0 aliphatic rings. The molecular weight excluding hydrogens is 725 g/mol. The van der Waals surface area contributed by atoms with Crippen LogP contribution in [0.1, 0.15) is 34.5 Å². The summed E-state index contributed by atoms with van der Waals surface area (Å²) in [5.74, 6) is -2.23. The highest BCUT2D eigenvalue weighted by molar-refractivity contribution is 7.10. The Bertz CT molecular complexity index is 2150. The van der Waals surface area contributed by atoms with Crippen molar-refractivity contribution >= 4 is 29.1 Å². The summed E-state index contributed by atoms with van der Waals surface area (Å²) in [5.41, 5.74) is 0.146. The minimum absolute atomic E-state index is 0.0578. The highest BCUT2D eigenvalue weighted by Crippen LogP contribution is 2.41. The molecule has 2 atom stereocenters. The molecule has 0 aliphatic heterocycles. The molecule has 54 heavy (non-hydrogen) atoms. The molecule has 3 aromatic carbocycles. The number of aromatic nitrogens is 4. The Morgan fingerprint density at radius 2 is 1.81 bits per heavy atom. The number of rotatable bonds is 15. The molecule has 2 aromatic heterocycles. The molecule has 0 radical (unpaired) electrons. The number of nitriles is 1. The molecule has 5 rings (SSSR count). The van der Waals surface area contributed by atoms with E-state index in [2.05, 4.69) is 21.5 Å². The average molecular weight is 763 g/mol. The predicted octanol–water partition coefficient (Wildman–Crippen LogP) is 4.96. The number of hydrogen-bond acceptors (Lipinski definition) is 12. The lowest BCUT2D eigenvalue weighted by Gasteiger charge is -2.32. The Kier molecular flexibility index (Phi) is 12.5. The fourth-order valence-corrected chi connectivity index (χ4v) is 6.45. The van der Waals surface area contributed by atoms with E-state index in [4.69, 9.17) is 24.2 Å². The maximum atomic E-state index is 15.3. The van der Waals surface area contributed by atoms with Gasteiger partial charge in [-0.25, -0.2) is 23.1 Å². The zero-order chi connectivity index (χ0) is 39.0. The van der Waals surface area contributed by atoms with Gasteiger partial charge in [0.05, 0.1) is 48.8 Å². The number of hydrogen-bond donors (Lipinski definition) is 2. The van der Waals surface area contributed by atoms with Crippen LogP contribution in [0.15, 0.2) is 72.6 Å². The quantitative estimate of drug-likeness (QED) is 0.109. The molecule has 2 N–H and O–H groups in total. The number of halogens is 2. The fourth-order valence-electron chi connectivity index (χ4n) is 5.48. The first-order valence-electron chi connectivity index (χ1n) is 16.4. The van der Waals surface area contributed by atoms with Crippen molar-refractivity contribution in [1.29, 1.82) is 5.26 Å². The van der Waals surface area contributed by atoms with E-state index in [-0.39, 0.29) is 37.7 Å². The first kappa shape index (κ1) is 39.3. The van der Waals surface area contributed by atoms with Gasteiger partial charge in [-0.1, -0.05) is 19.1 Å². The van der Waals surface area contributed by atoms with Gasteiger partial charge in [0, 0.05) is 39.2 Å². The van der Waals surface area contributed by atoms with Gasteiger partial charge >= 0.3 is 12.1 Å². The molecule has 0 aliphatic carbocycles. The van der Waals surface area contributed by atoms with Gasteiger partial charge in [-0.15, -0.1) is 16.0 Å². The molecule has 2 heterocycles. The van der Waals surface area contributed by atoms with Crippen LogP contribution >= 0.6 is 11.3 Å². The van der Waals surface area contributed by atoms with E-state index in [0.29, 0.717) is 33.3 Å². The van der Waals surface area contributed by atoms with E-state index in [1.54, 1.807) is 61.6 Å².